The summed E-state index contributed by atoms with van der Waals surface area (Å²) in [6, 6.07) is 6.38. The number of rotatable bonds is 2. The molecule has 6 nitrogen and oxygen atoms in total. The van der Waals surface area contributed by atoms with Crippen molar-refractivity contribution in [2.24, 2.45) is 5.92 Å². The molecule has 3 aliphatic rings. The summed E-state index contributed by atoms with van der Waals surface area (Å²) in [6.45, 7) is 4.05. The fourth-order valence-electron chi connectivity index (χ4n) is 4.14. The highest BCUT2D eigenvalue weighted by Crippen LogP contribution is 2.50. The van der Waals surface area contributed by atoms with Gasteiger partial charge in [-0.25, -0.2) is 0 Å². The van der Waals surface area contributed by atoms with Crippen molar-refractivity contribution in [3.63, 3.8) is 0 Å². The minimum absolute atomic E-state index is 0.107. The van der Waals surface area contributed by atoms with Crippen LogP contribution in [0.3, 0.4) is 0 Å². The number of piperazine rings is 1. The predicted octanol–water partition coefficient (Wildman–Crippen LogP) is 0.771. The molecular weight excluding hydrogens is 294 g/mol. The molecule has 122 valence electrons. The van der Waals surface area contributed by atoms with E-state index in [9.17, 15) is 14.7 Å². The molecule has 0 unspecified atom stereocenters. The van der Waals surface area contributed by atoms with E-state index in [-0.39, 0.29) is 18.2 Å². The third kappa shape index (κ3) is 1.91. The van der Waals surface area contributed by atoms with Gasteiger partial charge in [-0.3, -0.25) is 9.59 Å². The molecule has 3 aliphatic heterocycles. The van der Waals surface area contributed by atoms with Gasteiger partial charge in [0.15, 0.2) is 0 Å². The van der Waals surface area contributed by atoms with Gasteiger partial charge in [-0.05, 0) is 18.4 Å². The number of nitrogens with one attached hydrogen (secondary N) is 2. The lowest BCUT2D eigenvalue weighted by molar-refractivity contribution is -0.149. The summed E-state index contributed by atoms with van der Waals surface area (Å²) < 4.78 is 0. The molecule has 3 N–H and O–H groups in total. The third-order valence-electron chi connectivity index (χ3n) is 5.14. The Morgan fingerprint density at radius 1 is 1.30 bits per heavy atom. The summed E-state index contributed by atoms with van der Waals surface area (Å²) >= 11 is 0. The largest absolute Gasteiger partial charge is 0.381 e. The van der Waals surface area contributed by atoms with Crippen molar-refractivity contribution >= 4 is 17.5 Å². The molecule has 0 aliphatic carbocycles. The first kappa shape index (κ1) is 14.5. The average molecular weight is 315 g/mol. The van der Waals surface area contributed by atoms with Crippen LogP contribution in [0.2, 0.25) is 0 Å². The summed E-state index contributed by atoms with van der Waals surface area (Å²) in [7, 11) is 0. The van der Waals surface area contributed by atoms with E-state index in [1.807, 2.05) is 38.1 Å². The zero-order valence-electron chi connectivity index (χ0n) is 13.2. The Hall–Kier alpha value is -2.08. The topological polar surface area (TPSA) is 81.7 Å². The van der Waals surface area contributed by atoms with Crippen molar-refractivity contribution in [2.45, 2.75) is 50.5 Å². The van der Waals surface area contributed by atoms with Crippen LogP contribution in [0.15, 0.2) is 24.3 Å². The maximum atomic E-state index is 12.9. The normalized spacial score (nSPS) is 34.8. The first-order valence-corrected chi connectivity index (χ1v) is 8.13. The standard InChI is InChI=1S/C17H21N3O3/c1-9(2)7-12-15(22)20-13(14(21)18-12)8-17(23)10-5-3-4-6-11(10)19-16(17)20/h3-6,9,12-13,16,19,23H,7-8H2,1-2H3,(H,18,21)/t12-,13-,16-,17+/m0/s1. The molecule has 2 amide bonds. The number of anilines is 1. The molecule has 4 rings (SSSR count). The van der Waals surface area contributed by atoms with Crippen LogP contribution < -0.4 is 10.6 Å². The van der Waals surface area contributed by atoms with Crippen molar-refractivity contribution < 1.29 is 14.7 Å². The van der Waals surface area contributed by atoms with Crippen molar-refractivity contribution in [2.75, 3.05) is 5.32 Å². The number of hydrogen-bond acceptors (Lipinski definition) is 4. The zero-order valence-corrected chi connectivity index (χ0v) is 13.2. The van der Waals surface area contributed by atoms with E-state index in [1.54, 1.807) is 4.90 Å². The highest BCUT2D eigenvalue weighted by Gasteiger charge is 2.62. The Kier molecular flexibility index (Phi) is 2.97. The van der Waals surface area contributed by atoms with E-state index < -0.39 is 23.9 Å². The van der Waals surface area contributed by atoms with Crippen molar-refractivity contribution in [1.29, 1.82) is 0 Å². The molecule has 2 saturated heterocycles. The summed E-state index contributed by atoms with van der Waals surface area (Å²) in [6.07, 6.45) is 0.262. The number of aliphatic hydroxyl groups is 1. The van der Waals surface area contributed by atoms with Crippen molar-refractivity contribution in [1.82, 2.24) is 10.2 Å². The van der Waals surface area contributed by atoms with Crippen molar-refractivity contribution in [3.05, 3.63) is 29.8 Å². The number of para-hydroxylation sites is 1. The van der Waals surface area contributed by atoms with Crippen LogP contribution in [0.5, 0.6) is 0 Å². The lowest BCUT2D eigenvalue weighted by Crippen LogP contribution is -2.64. The van der Waals surface area contributed by atoms with Gasteiger partial charge in [0.2, 0.25) is 11.8 Å². The van der Waals surface area contributed by atoms with Gasteiger partial charge in [-0.1, -0.05) is 32.0 Å². The van der Waals surface area contributed by atoms with Crippen LogP contribution in [0.1, 0.15) is 32.3 Å². The summed E-state index contributed by atoms with van der Waals surface area (Å²) in [5, 5.41) is 17.2. The molecular formula is C17H21N3O3. The van der Waals surface area contributed by atoms with Crippen LogP contribution in [-0.4, -0.2) is 40.1 Å². The van der Waals surface area contributed by atoms with Gasteiger partial charge in [0.1, 0.15) is 23.9 Å². The van der Waals surface area contributed by atoms with Crippen LogP contribution in [0.4, 0.5) is 5.69 Å². The number of fused-ring (bicyclic) bond motifs is 5. The molecule has 3 heterocycles. The Bertz CT molecular complexity index is 689. The molecule has 0 radical (unpaired) electrons. The van der Waals surface area contributed by atoms with Crippen molar-refractivity contribution in [3.8, 4) is 0 Å². The van der Waals surface area contributed by atoms with Crippen LogP contribution in [0, 0.1) is 5.92 Å². The minimum atomic E-state index is -1.21. The monoisotopic (exact) mass is 315 g/mol. The Labute approximate surface area is 134 Å². The average Bonchev–Trinajstić information content (AvgIpc) is 2.94. The SMILES string of the molecule is CC(C)C[C@@H]1NC(=O)[C@@H]2C[C@@]3(O)c4ccccc4N[C@H]3N2C1=O. The first-order valence-electron chi connectivity index (χ1n) is 8.13. The van der Waals surface area contributed by atoms with Gasteiger partial charge in [0.05, 0.1) is 0 Å². The number of nitrogens with zero attached hydrogens (tertiary/aromatic N) is 1. The van der Waals surface area contributed by atoms with Crippen LogP contribution >= 0.6 is 0 Å². The minimum Gasteiger partial charge on any atom is -0.381 e. The molecule has 6 heteroatoms. The third-order valence-corrected chi connectivity index (χ3v) is 5.14. The molecule has 4 atom stereocenters. The Balaban J connectivity index is 1.71. The zero-order chi connectivity index (χ0) is 16.4. The van der Waals surface area contributed by atoms with E-state index in [0.29, 0.717) is 12.3 Å². The molecule has 0 saturated carbocycles. The maximum absolute atomic E-state index is 12.9. The first-order chi connectivity index (χ1) is 10.9. The number of hydrogen-bond donors (Lipinski definition) is 3. The van der Waals surface area contributed by atoms with Gasteiger partial charge in [-0.2, -0.15) is 0 Å². The number of carbonyl (C=O) groups is 2. The lowest BCUT2D eigenvalue weighted by Gasteiger charge is -2.38. The molecule has 1 aromatic carbocycles. The molecule has 1 aromatic rings. The van der Waals surface area contributed by atoms with Gasteiger partial charge in [0.25, 0.3) is 0 Å². The molecule has 0 aromatic heterocycles. The predicted molar refractivity (Wildman–Crippen MR) is 84.4 cm³/mol. The molecule has 23 heavy (non-hydrogen) atoms. The van der Waals surface area contributed by atoms with E-state index in [4.69, 9.17) is 0 Å². The Morgan fingerprint density at radius 2 is 2.04 bits per heavy atom. The van der Waals surface area contributed by atoms with E-state index in [0.717, 1.165) is 11.3 Å². The lowest BCUT2D eigenvalue weighted by atomic mass is 9.91. The Morgan fingerprint density at radius 3 is 2.78 bits per heavy atom. The van der Waals surface area contributed by atoms with Gasteiger partial charge >= 0.3 is 0 Å². The van der Waals surface area contributed by atoms with Gasteiger partial charge in [0, 0.05) is 17.7 Å². The molecule has 0 spiro atoms. The van der Waals surface area contributed by atoms with Gasteiger partial charge in [-0.15, -0.1) is 0 Å². The number of amides is 2. The van der Waals surface area contributed by atoms with E-state index in [1.165, 1.54) is 0 Å². The summed E-state index contributed by atoms with van der Waals surface area (Å²) in [5.74, 6) is 0.0258. The number of benzene rings is 1. The van der Waals surface area contributed by atoms with Gasteiger partial charge < -0.3 is 20.6 Å². The fraction of sp³-hybridized carbons (Fsp3) is 0.529. The maximum Gasteiger partial charge on any atom is 0.247 e. The van der Waals surface area contributed by atoms with Crippen LogP contribution in [-0.2, 0) is 15.2 Å². The highest BCUT2D eigenvalue weighted by atomic mass is 16.3. The van der Waals surface area contributed by atoms with E-state index >= 15 is 0 Å². The summed E-state index contributed by atoms with van der Waals surface area (Å²) in [4.78, 5) is 26.9. The van der Waals surface area contributed by atoms with Crippen LogP contribution in [0.25, 0.3) is 0 Å². The molecule has 0 bridgehead atoms. The quantitative estimate of drug-likeness (QED) is 0.753. The fourth-order valence-corrected chi connectivity index (χ4v) is 4.14. The highest BCUT2D eigenvalue weighted by molar-refractivity contribution is 5.98. The smallest absolute Gasteiger partial charge is 0.247 e. The number of carbonyl (C=O) groups excluding carboxylic acids is 2. The second-order valence-corrected chi connectivity index (χ2v) is 7.17. The second kappa shape index (κ2) is 4.71. The molecule has 2 fully saturated rings. The summed E-state index contributed by atoms with van der Waals surface area (Å²) in [5.41, 5.74) is 0.388. The van der Waals surface area contributed by atoms with E-state index in [2.05, 4.69) is 10.6 Å². The second-order valence-electron chi connectivity index (χ2n) is 7.17.